The summed E-state index contributed by atoms with van der Waals surface area (Å²) in [6.07, 6.45) is 0.648. The van der Waals surface area contributed by atoms with E-state index in [4.69, 9.17) is 11.6 Å². The second-order valence-electron chi connectivity index (χ2n) is 5.68. The lowest BCUT2D eigenvalue weighted by molar-refractivity contribution is -0.145. The Kier molecular flexibility index (Phi) is 5.27. The van der Waals surface area contributed by atoms with Crippen LogP contribution in [0.1, 0.15) is 25.8 Å². The van der Waals surface area contributed by atoms with Gasteiger partial charge >= 0.3 is 0 Å². The van der Waals surface area contributed by atoms with E-state index >= 15 is 0 Å². The summed E-state index contributed by atoms with van der Waals surface area (Å²) >= 11 is 9.54. The van der Waals surface area contributed by atoms with E-state index in [9.17, 15) is 9.59 Å². The Hall–Kier alpha value is -1.07. The van der Waals surface area contributed by atoms with Crippen molar-refractivity contribution in [1.29, 1.82) is 0 Å². The minimum atomic E-state index is -0.430. The minimum absolute atomic E-state index is 0.0396. The first-order valence-corrected chi connectivity index (χ1v) is 8.06. The van der Waals surface area contributed by atoms with E-state index in [2.05, 4.69) is 21.2 Å². The Morgan fingerprint density at radius 3 is 2.76 bits per heavy atom. The normalized spacial score (nSPS) is 19.1. The van der Waals surface area contributed by atoms with Crippen LogP contribution in [0.5, 0.6) is 0 Å². The van der Waals surface area contributed by atoms with Gasteiger partial charge in [-0.1, -0.05) is 47.4 Å². The molecule has 1 fully saturated rings. The highest BCUT2D eigenvalue weighted by molar-refractivity contribution is 9.10. The lowest BCUT2D eigenvalue weighted by Gasteiger charge is -2.33. The summed E-state index contributed by atoms with van der Waals surface area (Å²) < 4.78 is 0.886. The number of nitrogens with zero attached hydrogens (tertiary/aromatic N) is 1. The highest BCUT2D eigenvalue weighted by Gasteiger charge is 2.33. The van der Waals surface area contributed by atoms with Crippen LogP contribution in [0, 0.1) is 5.92 Å². The van der Waals surface area contributed by atoms with Crippen LogP contribution in [0.15, 0.2) is 22.7 Å². The molecule has 1 N–H and O–H groups in total. The zero-order chi connectivity index (χ0) is 15.6. The van der Waals surface area contributed by atoms with Crippen molar-refractivity contribution in [3.05, 3.63) is 33.3 Å². The molecule has 114 valence electrons. The third-order valence-corrected chi connectivity index (χ3v) is 4.21. The highest BCUT2D eigenvalue weighted by Crippen LogP contribution is 2.23. The summed E-state index contributed by atoms with van der Waals surface area (Å²) in [4.78, 5) is 25.8. The lowest BCUT2D eigenvalue weighted by atomic mass is 10.0. The first kappa shape index (κ1) is 16.3. The molecule has 4 nitrogen and oxygen atoms in total. The molecule has 1 saturated heterocycles. The van der Waals surface area contributed by atoms with Crippen LogP contribution in [0.2, 0.25) is 5.02 Å². The molecule has 1 aliphatic heterocycles. The van der Waals surface area contributed by atoms with E-state index in [1.807, 2.05) is 26.0 Å². The number of rotatable bonds is 4. The van der Waals surface area contributed by atoms with Gasteiger partial charge in [0, 0.05) is 16.0 Å². The smallest absolute Gasteiger partial charge is 0.245 e. The zero-order valence-corrected chi connectivity index (χ0v) is 14.4. The summed E-state index contributed by atoms with van der Waals surface area (Å²) in [6.45, 7) is 4.50. The lowest BCUT2D eigenvalue weighted by Crippen LogP contribution is -2.57. The number of benzene rings is 1. The van der Waals surface area contributed by atoms with E-state index in [0.717, 1.165) is 10.0 Å². The molecule has 0 radical (unpaired) electrons. The Balaban J connectivity index is 2.14. The summed E-state index contributed by atoms with van der Waals surface area (Å²) in [5.41, 5.74) is 0.839. The van der Waals surface area contributed by atoms with Gasteiger partial charge in [-0.3, -0.25) is 9.59 Å². The fraction of sp³-hybridized carbons (Fsp3) is 0.467. The van der Waals surface area contributed by atoms with Gasteiger partial charge in [0.25, 0.3) is 0 Å². The van der Waals surface area contributed by atoms with Crippen molar-refractivity contribution in [3.63, 3.8) is 0 Å². The molecule has 6 heteroatoms. The predicted octanol–water partition coefficient (Wildman–Crippen LogP) is 2.98. The van der Waals surface area contributed by atoms with Crippen molar-refractivity contribution in [2.75, 3.05) is 6.54 Å². The van der Waals surface area contributed by atoms with Crippen LogP contribution in [0.3, 0.4) is 0 Å². The van der Waals surface area contributed by atoms with E-state index in [1.165, 1.54) is 0 Å². The SMILES string of the molecule is CC(C)CC1NC(=O)CN(Cc2ccc(Br)cc2Cl)C1=O. The minimum Gasteiger partial charge on any atom is -0.343 e. The van der Waals surface area contributed by atoms with Crippen LogP contribution >= 0.6 is 27.5 Å². The molecule has 0 aromatic heterocycles. The molecule has 2 rings (SSSR count). The third kappa shape index (κ3) is 4.20. The van der Waals surface area contributed by atoms with Crippen LogP contribution in [0.25, 0.3) is 0 Å². The second-order valence-corrected chi connectivity index (χ2v) is 7.00. The highest BCUT2D eigenvalue weighted by atomic mass is 79.9. The Labute approximate surface area is 138 Å². The van der Waals surface area contributed by atoms with Gasteiger partial charge in [0.15, 0.2) is 0 Å². The number of nitrogens with one attached hydrogen (secondary N) is 1. The quantitative estimate of drug-likeness (QED) is 0.882. The monoisotopic (exact) mass is 372 g/mol. The van der Waals surface area contributed by atoms with Gasteiger partial charge in [0.2, 0.25) is 11.8 Å². The fourth-order valence-corrected chi connectivity index (χ4v) is 3.13. The number of halogens is 2. The second kappa shape index (κ2) is 6.79. The number of amides is 2. The molecule has 1 atom stereocenters. The van der Waals surface area contributed by atoms with E-state index in [0.29, 0.717) is 23.9 Å². The molecule has 1 aromatic rings. The number of carbonyl (C=O) groups excluding carboxylic acids is 2. The Bertz CT molecular complexity index is 563. The van der Waals surface area contributed by atoms with Crippen molar-refractivity contribution < 1.29 is 9.59 Å². The molecule has 0 aliphatic carbocycles. The largest absolute Gasteiger partial charge is 0.343 e. The van der Waals surface area contributed by atoms with Crippen molar-refractivity contribution in [3.8, 4) is 0 Å². The van der Waals surface area contributed by atoms with Gasteiger partial charge < -0.3 is 10.2 Å². The number of carbonyl (C=O) groups is 2. The molecule has 0 saturated carbocycles. The molecule has 0 spiro atoms. The molecule has 1 heterocycles. The Morgan fingerprint density at radius 1 is 1.43 bits per heavy atom. The van der Waals surface area contributed by atoms with Crippen LogP contribution in [0.4, 0.5) is 0 Å². The molecule has 0 bridgehead atoms. The number of hydrogen-bond acceptors (Lipinski definition) is 2. The fourth-order valence-electron chi connectivity index (χ4n) is 2.39. The van der Waals surface area contributed by atoms with Gasteiger partial charge in [0.1, 0.15) is 6.04 Å². The number of hydrogen-bond donors (Lipinski definition) is 1. The predicted molar refractivity (Wildman–Crippen MR) is 86.0 cm³/mol. The van der Waals surface area contributed by atoms with Gasteiger partial charge in [0.05, 0.1) is 6.54 Å². The van der Waals surface area contributed by atoms with E-state index in [1.54, 1.807) is 11.0 Å². The molecule has 21 heavy (non-hydrogen) atoms. The Morgan fingerprint density at radius 2 is 2.14 bits per heavy atom. The van der Waals surface area contributed by atoms with Crippen molar-refractivity contribution in [2.45, 2.75) is 32.9 Å². The molecule has 1 unspecified atom stereocenters. The molecule has 1 aliphatic rings. The van der Waals surface area contributed by atoms with Crippen molar-refractivity contribution in [2.24, 2.45) is 5.92 Å². The topological polar surface area (TPSA) is 49.4 Å². The summed E-state index contributed by atoms with van der Waals surface area (Å²) in [5.74, 6) is 0.186. The maximum absolute atomic E-state index is 12.4. The van der Waals surface area contributed by atoms with Crippen molar-refractivity contribution in [1.82, 2.24) is 10.2 Å². The van der Waals surface area contributed by atoms with E-state index in [-0.39, 0.29) is 18.4 Å². The molecular formula is C15H18BrClN2O2. The molecule has 1 aromatic carbocycles. The van der Waals surface area contributed by atoms with Gasteiger partial charge in [-0.15, -0.1) is 0 Å². The number of piperazine rings is 1. The first-order valence-electron chi connectivity index (χ1n) is 6.89. The average molecular weight is 374 g/mol. The molecular weight excluding hydrogens is 356 g/mol. The summed E-state index contributed by atoms with van der Waals surface area (Å²) in [6, 6.07) is 5.10. The maximum Gasteiger partial charge on any atom is 0.245 e. The van der Waals surface area contributed by atoms with Gasteiger partial charge in [-0.2, -0.15) is 0 Å². The van der Waals surface area contributed by atoms with Crippen molar-refractivity contribution >= 4 is 39.3 Å². The van der Waals surface area contributed by atoms with Gasteiger partial charge in [-0.05, 0) is 30.0 Å². The average Bonchev–Trinajstić information content (AvgIpc) is 2.37. The standard InChI is InChI=1S/C15H18BrClN2O2/c1-9(2)5-13-15(21)19(8-14(20)18-13)7-10-3-4-11(16)6-12(10)17/h3-4,6,9,13H,5,7-8H2,1-2H3,(H,18,20). The zero-order valence-electron chi connectivity index (χ0n) is 12.0. The van der Waals surface area contributed by atoms with Crippen LogP contribution in [-0.2, 0) is 16.1 Å². The van der Waals surface area contributed by atoms with Crippen LogP contribution < -0.4 is 5.32 Å². The van der Waals surface area contributed by atoms with Crippen LogP contribution in [-0.4, -0.2) is 29.3 Å². The molecule has 2 amide bonds. The van der Waals surface area contributed by atoms with E-state index < -0.39 is 6.04 Å². The summed E-state index contributed by atoms with van der Waals surface area (Å²) in [7, 11) is 0. The third-order valence-electron chi connectivity index (χ3n) is 3.36. The first-order chi connectivity index (χ1) is 9.86. The maximum atomic E-state index is 12.4. The van der Waals surface area contributed by atoms with Gasteiger partial charge in [-0.25, -0.2) is 0 Å². The summed E-state index contributed by atoms with van der Waals surface area (Å²) in [5, 5.41) is 3.35.